The highest BCUT2D eigenvalue weighted by Crippen LogP contribution is 2.56. The van der Waals surface area contributed by atoms with E-state index in [1.165, 1.54) is 137 Å². The molecule has 0 N–H and O–H groups in total. The van der Waals surface area contributed by atoms with Crippen molar-refractivity contribution in [1.29, 1.82) is 0 Å². The summed E-state index contributed by atoms with van der Waals surface area (Å²) in [7, 11) is 0. The first-order valence-electron chi connectivity index (χ1n) is 49.6. The van der Waals surface area contributed by atoms with E-state index in [-0.39, 0.29) is 0 Å². The Morgan fingerprint density at radius 3 is 1.00 bits per heavy atom. The smallest absolute Gasteiger partial charge is 0.235 e. The van der Waals surface area contributed by atoms with Crippen molar-refractivity contribution < 1.29 is 0 Å². The lowest BCUT2D eigenvalue weighted by Crippen LogP contribution is -2.04. The first kappa shape index (κ1) is 82.8. The van der Waals surface area contributed by atoms with Crippen LogP contribution in [0.1, 0.15) is 0 Å². The minimum Gasteiger partial charge on any atom is -0.309 e. The molecule has 0 saturated carbocycles. The van der Waals surface area contributed by atoms with Gasteiger partial charge in [-0.15, -0.1) is 0 Å². The van der Waals surface area contributed by atoms with Gasteiger partial charge in [0.05, 0.1) is 72.4 Å². The molecule has 0 amide bonds. The Morgan fingerprint density at radius 2 is 0.517 bits per heavy atom. The standard InChI is InChI=1S/C52H31N5.2C41H24N4/c1-2-12-34(13-3-1)50-54-51(56-52(55-50)37-21-20-32-11-4-5-14-36(32)29-37)35-22-25-39(26-23-35)57-45-27-24-33-15-10-18-42-40-16-6-7-17-41(40)43-30-38(44-19-8-9-28-53-44)31-46(57)48(43)49(45)47(33)42;1-2-11-26(12-3-1)40-41(44-34-19-7-6-18-33(34)43-40)45-35-21-20-25-13-10-16-30-28-14-4-5-15-29(28)31-23-27(32-17-8-9-22-42-32)24-36(45)38(31)39(35)37(25)30;1-2-11-26(12-3-1)40-31-16-6-7-19-34(31)43-41(44-40)45-35-21-20-25-13-10-17-30-28-14-4-5-15-29(28)32-23-27(33-18-8-9-22-42-33)24-36(45)38(32)39(35)37(25)30/h1-31H;2*1-24H. The van der Waals surface area contributed by atoms with Crippen LogP contribution >= 0.6 is 0 Å². The van der Waals surface area contributed by atoms with Crippen LogP contribution in [0, 0.1) is 0 Å². The van der Waals surface area contributed by atoms with E-state index < -0.39 is 0 Å². The first-order valence-corrected chi connectivity index (χ1v) is 49.6. The molecule has 0 unspecified atom stereocenters. The van der Waals surface area contributed by atoms with E-state index in [4.69, 9.17) is 49.8 Å². The second-order valence-electron chi connectivity index (χ2n) is 37.9. The predicted molar refractivity (Wildman–Crippen MR) is 602 cm³/mol. The molecule has 13 heteroatoms. The average Bonchev–Trinajstić information content (AvgIpc) is 1.59. The molecule has 147 heavy (non-hydrogen) atoms. The van der Waals surface area contributed by atoms with Crippen LogP contribution in [0.2, 0.25) is 0 Å². The quantitative estimate of drug-likeness (QED) is 0.123. The van der Waals surface area contributed by atoms with Gasteiger partial charge in [0, 0.05) is 106 Å². The number of nitrogens with zero attached hydrogens (tertiary/aromatic N) is 13. The molecule has 0 aliphatic heterocycles. The van der Waals surface area contributed by atoms with Gasteiger partial charge in [0.1, 0.15) is 5.69 Å². The summed E-state index contributed by atoms with van der Waals surface area (Å²) in [5.74, 6) is 3.38. The highest BCUT2D eigenvalue weighted by atomic mass is 15.2. The molecule has 29 aromatic rings. The maximum absolute atomic E-state index is 5.38. The molecule has 0 radical (unpaired) electrons. The molecular formula is C134H79N13. The Bertz CT molecular complexity index is 10600. The number of fused-ring (bicyclic) bond motifs is 12. The minimum atomic E-state index is 0.627. The summed E-state index contributed by atoms with van der Waals surface area (Å²) in [5.41, 5.74) is 37.8. The van der Waals surface area contributed by atoms with E-state index in [0.29, 0.717) is 23.4 Å². The summed E-state index contributed by atoms with van der Waals surface area (Å²) in [6.45, 7) is 0. The van der Waals surface area contributed by atoms with Crippen molar-refractivity contribution in [3.8, 4) is 175 Å². The lowest BCUT2D eigenvalue weighted by Gasteiger charge is -2.16. The van der Waals surface area contributed by atoms with E-state index in [0.717, 1.165) is 145 Å². The molecule has 3 aliphatic rings. The molecule has 0 bridgehead atoms. The van der Waals surface area contributed by atoms with E-state index in [2.05, 4.69) is 378 Å². The van der Waals surface area contributed by atoms with Crippen molar-refractivity contribution in [3.05, 3.63) is 480 Å². The highest BCUT2D eigenvalue weighted by Gasteiger charge is 2.33. The molecule has 9 aromatic heterocycles. The molecular weight excluding hydrogens is 1790 g/mol. The van der Waals surface area contributed by atoms with Gasteiger partial charge in [-0.3, -0.25) is 24.1 Å². The molecule has 9 heterocycles. The molecule has 0 fully saturated rings. The lowest BCUT2D eigenvalue weighted by atomic mass is 9.92. The lowest BCUT2D eigenvalue weighted by molar-refractivity contribution is 1.01. The first-order chi connectivity index (χ1) is 72.9. The maximum Gasteiger partial charge on any atom is 0.235 e. The fourth-order valence-electron chi connectivity index (χ4n) is 23.3. The van der Waals surface area contributed by atoms with Crippen molar-refractivity contribution in [3.63, 3.8) is 0 Å². The van der Waals surface area contributed by atoms with Gasteiger partial charge >= 0.3 is 0 Å². The predicted octanol–water partition coefficient (Wildman–Crippen LogP) is 33.5. The number of para-hydroxylation sites is 3. The van der Waals surface area contributed by atoms with Gasteiger partial charge in [-0.05, 0) is 249 Å². The molecule has 680 valence electrons. The Hall–Kier alpha value is -20.0. The van der Waals surface area contributed by atoms with Crippen LogP contribution in [0.15, 0.2) is 480 Å². The number of benzene rings is 20. The third-order valence-corrected chi connectivity index (χ3v) is 29.7. The Labute approximate surface area is 842 Å². The molecule has 20 aromatic carbocycles. The zero-order valence-electron chi connectivity index (χ0n) is 78.9. The van der Waals surface area contributed by atoms with E-state index in [1.54, 1.807) is 0 Å². The van der Waals surface area contributed by atoms with Crippen LogP contribution in [0.5, 0.6) is 0 Å². The van der Waals surface area contributed by atoms with Gasteiger partial charge in [0.2, 0.25) is 5.95 Å². The Balaban J connectivity index is 0.000000103. The van der Waals surface area contributed by atoms with Crippen LogP contribution in [-0.2, 0) is 0 Å². The topological polar surface area (TPSA) is 144 Å². The van der Waals surface area contributed by atoms with Gasteiger partial charge in [-0.2, -0.15) is 0 Å². The molecule has 0 saturated heterocycles. The van der Waals surface area contributed by atoms with Crippen LogP contribution in [0.3, 0.4) is 0 Å². The van der Waals surface area contributed by atoms with E-state index in [1.807, 2.05) is 116 Å². The fourth-order valence-corrected chi connectivity index (χ4v) is 23.3. The van der Waals surface area contributed by atoms with Crippen molar-refractivity contribution in [2.75, 3.05) is 0 Å². The SMILES string of the molecule is c1ccc(-c2nc(-c3ccc(-n4c5cc(-c6ccccn6)cc6c5c5c7c(cccc7ccc54)-c4ccccc4-6)cc3)nc(-c3ccc4ccccc4c3)n2)cc1.c1ccc(-c2nc(-n3c4cc(-c5ccccn5)cc5c4c4c6c(cccc6ccc43)-c3ccccc3-5)nc3ccccc23)cc1.c1ccc(-c2nc3ccccc3nc2-n2c3cc(-c4ccccn4)cc4c3c3c5c(cccc5ccc32)-c2ccccc2-4)cc1. The second-order valence-corrected chi connectivity index (χ2v) is 37.9. The molecule has 3 aliphatic carbocycles. The molecule has 13 nitrogen and oxygen atoms in total. The van der Waals surface area contributed by atoms with Gasteiger partial charge in [-0.1, -0.05) is 322 Å². The Morgan fingerprint density at radius 1 is 0.163 bits per heavy atom. The fraction of sp³-hybridized carbons (Fsp3) is 0. The number of aromatic nitrogens is 13. The monoisotopic (exact) mass is 1870 g/mol. The van der Waals surface area contributed by atoms with Crippen LogP contribution in [0.25, 0.3) is 305 Å². The summed E-state index contributed by atoms with van der Waals surface area (Å²) < 4.78 is 7.02. The number of pyridine rings is 3. The van der Waals surface area contributed by atoms with Crippen molar-refractivity contribution in [1.82, 2.24) is 63.5 Å². The maximum atomic E-state index is 5.38. The third-order valence-electron chi connectivity index (χ3n) is 29.7. The minimum absolute atomic E-state index is 0.627. The van der Waals surface area contributed by atoms with Crippen molar-refractivity contribution in [2.24, 2.45) is 0 Å². The normalized spacial score (nSPS) is 11.9. The largest absolute Gasteiger partial charge is 0.309 e. The van der Waals surface area contributed by atoms with Gasteiger partial charge in [-0.25, -0.2) is 34.9 Å². The summed E-state index contributed by atoms with van der Waals surface area (Å²) in [6, 6.07) is 163. The van der Waals surface area contributed by atoms with Crippen LogP contribution < -0.4 is 0 Å². The molecule has 32 rings (SSSR count). The van der Waals surface area contributed by atoms with Crippen molar-refractivity contribution in [2.45, 2.75) is 0 Å². The van der Waals surface area contributed by atoms with Crippen LogP contribution in [-0.4, -0.2) is 63.5 Å². The van der Waals surface area contributed by atoms with Crippen LogP contribution in [0.4, 0.5) is 0 Å². The number of hydrogen-bond donors (Lipinski definition) is 0. The van der Waals surface area contributed by atoms with Crippen molar-refractivity contribution >= 4 is 130 Å². The second kappa shape index (κ2) is 33.3. The number of rotatable bonds is 11. The highest BCUT2D eigenvalue weighted by molar-refractivity contribution is 6.34. The van der Waals surface area contributed by atoms with Gasteiger partial charge in [0.15, 0.2) is 23.3 Å². The van der Waals surface area contributed by atoms with Gasteiger partial charge in [0.25, 0.3) is 0 Å². The zero-order valence-corrected chi connectivity index (χ0v) is 78.9. The average molecular weight is 1870 g/mol. The number of hydrogen-bond acceptors (Lipinski definition) is 10. The summed E-state index contributed by atoms with van der Waals surface area (Å²) in [5, 5.41) is 18.3. The van der Waals surface area contributed by atoms with E-state index in [9.17, 15) is 0 Å². The summed E-state index contributed by atoms with van der Waals surface area (Å²) >= 11 is 0. The van der Waals surface area contributed by atoms with E-state index >= 15 is 0 Å². The molecule has 0 atom stereocenters. The Kier molecular flexibility index (Phi) is 18.8. The summed E-state index contributed by atoms with van der Waals surface area (Å²) in [6.07, 6.45) is 5.59. The molecule has 0 spiro atoms. The van der Waals surface area contributed by atoms with Gasteiger partial charge < -0.3 is 4.57 Å². The summed E-state index contributed by atoms with van der Waals surface area (Å²) in [4.78, 5) is 50.7. The zero-order chi connectivity index (χ0) is 96.4. The third kappa shape index (κ3) is 13.3.